The number of rotatable bonds is 7. The second-order valence-corrected chi connectivity index (χ2v) is 5.03. The summed E-state index contributed by atoms with van der Waals surface area (Å²) in [7, 11) is 0. The third kappa shape index (κ3) is 5.41. The minimum absolute atomic E-state index is 0.0882. The predicted molar refractivity (Wildman–Crippen MR) is 74.8 cm³/mol. The van der Waals surface area contributed by atoms with E-state index >= 15 is 0 Å². The summed E-state index contributed by atoms with van der Waals surface area (Å²) >= 11 is 0. The van der Waals surface area contributed by atoms with Crippen molar-refractivity contribution in [3.8, 4) is 0 Å². The molecule has 0 bridgehead atoms. The van der Waals surface area contributed by atoms with Crippen molar-refractivity contribution in [1.29, 1.82) is 0 Å². The molecule has 1 unspecified atom stereocenters. The van der Waals surface area contributed by atoms with Gasteiger partial charge in [-0.25, -0.2) is 9.18 Å². The van der Waals surface area contributed by atoms with E-state index in [2.05, 4.69) is 6.92 Å². The highest BCUT2D eigenvalue weighted by atomic mass is 19.1. The molecule has 0 amide bonds. The average Bonchev–Trinajstić information content (AvgIpc) is 2.38. The summed E-state index contributed by atoms with van der Waals surface area (Å²) in [6, 6.07) is 4.30. The molecule has 1 aromatic carbocycles. The Morgan fingerprint density at radius 1 is 1.32 bits per heavy atom. The Labute approximate surface area is 115 Å². The van der Waals surface area contributed by atoms with Crippen LogP contribution >= 0.6 is 0 Å². The van der Waals surface area contributed by atoms with Crippen LogP contribution in [0.1, 0.15) is 61.9 Å². The lowest BCUT2D eigenvalue weighted by atomic mass is 10.1. The van der Waals surface area contributed by atoms with Gasteiger partial charge in [-0.05, 0) is 50.5 Å². The van der Waals surface area contributed by atoms with Crippen LogP contribution in [-0.4, -0.2) is 12.1 Å². The third-order valence-electron chi connectivity index (χ3n) is 3.17. The van der Waals surface area contributed by atoms with Crippen LogP contribution in [-0.2, 0) is 4.74 Å². The van der Waals surface area contributed by atoms with Gasteiger partial charge in [-0.3, -0.25) is 0 Å². The molecule has 0 radical (unpaired) electrons. The first-order valence-corrected chi connectivity index (χ1v) is 7.01. The van der Waals surface area contributed by atoms with Gasteiger partial charge in [0.05, 0.1) is 11.7 Å². The number of hydrogen-bond donors (Lipinski definition) is 0. The first-order chi connectivity index (χ1) is 9.04. The molecule has 0 N–H and O–H groups in total. The number of carbonyl (C=O) groups is 1. The van der Waals surface area contributed by atoms with Gasteiger partial charge in [-0.2, -0.15) is 0 Å². The van der Waals surface area contributed by atoms with Gasteiger partial charge in [-0.15, -0.1) is 0 Å². The van der Waals surface area contributed by atoms with Crippen molar-refractivity contribution in [1.82, 2.24) is 0 Å². The fourth-order valence-electron chi connectivity index (χ4n) is 1.94. The molecule has 1 rings (SSSR count). The fraction of sp³-hybridized carbons (Fsp3) is 0.562. The quantitative estimate of drug-likeness (QED) is 0.530. The van der Waals surface area contributed by atoms with Gasteiger partial charge < -0.3 is 4.74 Å². The number of halogens is 1. The van der Waals surface area contributed by atoms with E-state index in [1.165, 1.54) is 37.5 Å². The van der Waals surface area contributed by atoms with Crippen molar-refractivity contribution < 1.29 is 13.9 Å². The summed E-state index contributed by atoms with van der Waals surface area (Å²) in [5, 5.41) is 0. The molecule has 19 heavy (non-hydrogen) atoms. The molecule has 1 atom stereocenters. The molecule has 0 aliphatic rings. The van der Waals surface area contributed by atoms with Crippen LogP contribution in [0.2, 0.25) is 0 Å². The van der Waals surface area contributed by atoms with E-state index in [-0.39, 0.29) is 17.9 Å². The summed E-state index contributed by atoms with van der Waals surface area (Å²) in [4.78, 5) is 11.9. The molecule has 0 saturated heterocycles. The van der Waals surface area contributed by atoms with Gasteiger partial charge in [0.1, 0.15) is 5.82 Å². The van der Waals surface area contributed by atoms with Crippen LogP contribution in [0, 0.1) is 12.7 Å². The van der Waals surface area contributed by atoms with Crippen LogP contribution in [0.5, 0.6) is 0 Å². The van der Waals surface area contributed by atoms with E-state index in [0.717, 1.165) is 12.8 Å². The highest BCUT2D eigenvalue weighted by Gasteiger charge is 2.12. The Kier molecular flexibility index (Phi) is 6.54. The van der Waals surface area contributed by atoms with E-state index in [1.54, 1.807) is 6.92 Å². The number of ether oxygens (including phenoxy) is 1. The lowest BCUT2D eigenvalue weighted by Gasteiger charge is -2.13. The molecule has 0 heterocycles. The second kappa shape index (κ2) is 7.93. The van der Waals surface area contributed by atoms with Crippen molar-refractivity contribution in [3.05, 3.63) is 35.1 Å². The van der Waals surface area contributed by atoms with Crippen LogP contribution in [0.25, 0.3) is 0 Å². The van der Waals surface area contributed by atoms with Gasteiger partial charge in [0.15, 0.2) is 0 Å². The van der Waals surface area contributed by atoms with Crippen molar-refractivity contribution in [3.63, 3.8) is 0 Å². The maximum atomic E-state index is 13.1. The Bertz CT molecular complexity index is 415. The molecular weight excluding hydrogens is 243 g/mol. The molecule has 0 aromatic heterocycles. The summed E-state index contributed by atoms with van der Waals surface area (Å²) in [5.41, 5.74) is 0.879. The molecule has 0 fully saturated rings. The van der Waals surface area contributed by atoms with E-state index in [4.69, 9.17) is 4.74 Å². The van der Waals surface area contributed by atoms with Gasteiger partial charge in [-0.1, -0.05) is 26.2 Å². The number of carbonyl (C=O) groups excluding carboxylic acids is 1. The minimum atomic E-state index is -0.369. The third-order valence-corrected chi connectivity index (χ3v) is 3.17. The average molecular weight is 266 g/mol. The van der Waals surface area contributed by atoms with E-state index < -0.39 is 0 Å². The van der Waals surface area contributed by atoms with Crippen LogP contribution < -0.4 is 0 Å². The first-order valence-electron chi connectivity index (χ1n) is 7.01. The SMILES string of the molecule is CCCCCCC(C)OC(=O)c1ccc(F)c(C)c1. The molecule has 0 aliphatic heterocycles. The van der Waals surface area contributed by atoms with Crippen molar-refractivity contribution >= 4 is 5.97 Å². The van der Waals surface area contributed by atoms with Gasteiger partial charge in [0.2, 0.25) is 0 Å². The topological polar surface area (TPSA) is 26.3 Å². The highest BCUT2D eigenvalue weighted by Crippen LogP contribution is 2.13. The van der Waals surface area contributed by atoms with E-state index in [9.17, 15) is 9.18 Å². The molecular formula is C16H23FO2. The van der Waals surface area contributed by atoms with Crippen molar-refractivity contribution in [2.75, 3.05) is 0 Å². The smallest absolute Gasteiger partial charge is 0.338 e. The van der Waals surface area contributed by atoms with Gasteiger partial charge in [0, 0.05) is 0 Å². The zero-order valence-electron chi connectivity index (χ0n) is 12.0. The molecule has 1 aromatic rings. The molecule has 0 aliphatic carbocycles. The number of benzene rings is 1. The van der Waals surface area contributed by atoms with Crippen LogP contribution in [0.15, 0.2) is 18.2 Å². The zero-order valence-corrected chi connectivity index (χ0v) is 12.0. The first kappa shape index (κ1) is 15.7. The molecule has 0 saturated carbocycles. The Morgan fingerprint density at radius 2 is 2.05 bits per heavy atom. The highest BCUT2D eigenvalue weighted by molar-refractivity contribution is 5.89. The van der Waals surface area contributed by atoms with Crippen LogP contribution in [0.3, 0.4) is 0 Å². The Balaban J connectivity index is 2.43. The summed E-state index contributed by atoms with van der Waals surface area (Å²) in [6.45, 7) is 5.71. The lowest BCUT2D eigenvalue weighted by molar-refractivity contribution is 0.0319. The summed E-state index contributed by atoms with van der Waals surface area (Å²) in [6.07, 6.45) is 5.46. The Hall–Kier alpha value is -1.38. The van der Waals surface area contributed by atoms with Crippen molar-refractivity contribution in [2.24, 2.45) is 0 Å². The van der Waals surface area contributed by atoms with Crippen LogP contribution in [0.4, 0.5) is 4.39 Å². The lowest BCUT2D eigenvalue weighted by Crippen LogP contribution is -2.15. The fourth-order valence-corrected chi connectivity index (χ4v) is 1.94. The van der Waals surface area contributed by atoms with Gasteiger partial charge >= 0.3 is 5.97 Å². The maximum Gasteiger partial charge on any atom is 0.338 e. The number of hydrogen-bond acceptors (Lipinski definition) is 2. The van der Waals surface area contributed by atoms with Gasteiger partial charge in [0.25, 0.3) is 0 Å². The van der Waals surface area contributed by atoms with E-state index in [1.807, 2.05) is 6.92 Å². The molecule has 2 nitrogen and oxygen atoms in total. The number of esters is 1. The number of aryl methyl sites for hydroxylation is 1. The molecule has 106 valence electrons. The summed E-state index contributed by atoms with van der Waals surface area (Å²) in [5.74, 6) is -0.671. The second-order valence-electron chi connectivity index (χ2n) is 5.03. The monoisotopic (exact) mass is 266 g/mol. The predicted octanol–water partition coefficient (Wildman–Crippen LogP) is 4.65. The van der Waals surface area contributed by atoms with Crippen molar-refractivity contribution in [2.45, 2.75) is 59.0 Å². The number of unbranched alkanes of at least 4 members (excludes halogenated alkanes) is 3. The maximum absolute atomic E-state index is 13.1. The largest absolute Gasteiger partial charge is 0.459 e. The molecule has 3 heteroatoms. The van der Waals surface area contributed by atoms with E-state index in [0.29, 0.717) is 11.1 Å². The molecule has 0 spiro atoms. The minimum Gasteiger partial charge on any atom is -0.459 e. The Morgan fingerprint density at radius 3 is 2.68 bits per heavy atom. The standard InChI is InChI=1S/C16H23FO2/c1-4-5-6-7-8-13(3)19-16(18)14-9-10-15(17)12(2)11-14/h9-11,13H,4-8H2,1-3H3. The zero-order chi connectivity index (χ0) is 14.3. The summed E-state index contributed by atoms with van der Waals surface area (Å²) < 4.78 is 18.5. The normalized spacial score (nSPS) is 12.2.